The SMILES string of the molecule is CCOC(=O)c1nn(-c2ccc(C(C)C)cc2)c(=O)c2c(NC(=O)c3ccc(F)c(F)c3)scc12. The minimum absolute atomic E-state index is 0.0527. The van der Waals surface area contributed by atoms with Crippen molar-refractivity contribution in [2.45, 2.75) is 26.7 Å². The fourth-order valence-electron chi connectivity index (χ4n) is 3.48. The van der Waals surface area contributed by atoms with Crippen LogP contribution in [0.25, 0.3) is 16.5 Å². The molecule has 0 saturated carbocycles. The van der Waals surface area contributed by atoms with Gasteiger partial charge in [-0.05, 0) is 48.7 Å². The molecule has 1 N–H and O–H groups in total. The van der Waals surface area contributed by atoms with Gasteiger partial charge in [0.2, 0.25) is 0 Å². The Morgan fingerprint density at radius 3 is 2.46 bits per heavy atom. The summed E-state index contributed by atoms with van der Waals surface area (Å²) < 4.78 is 33.1. The van der Waals surface area contributed by atoms with E-state index in [1.54, 1.807) is 19.1 Å². The predicted octanol–water partition coefficient (Wildman–Crippen LogP) is 5.28. The smallest absolute Gasteiger partial charge is 0.359 e. The van der Waals surface area contributed by atoms with Crippen LogP contribution in [0.5, 0.6) is 0 Å². The highest BCUT2D eigenvalue weighted by Crippen LogP contribution is 2.31. The van der Waals surface area contributed by atoms with Crippen molar-refractivity contribution in [2.24, 2.45) is 0 Å². The molecule has 10 heteroatoms. The molecule has 0 aliphatic carbocycles. The number of aromatic nitrogens is 2. The summed E-state index contributed by atoms with van der Waals surface area (Å²) in [6.07, 6.45) is 0. The van der Waals surface area contributed by atoms with Gasteiger partial charge in [-0.15, -0.1) is 11.3 Å². The molecule has 35 heavy (non-hydrogen) atoms. The fourth-order valence-corrected chi connectivity index (χ4v) is 4.41. The van der Waals surface area contributed by atoms with Gasteiger partial charge in [0.05, 0.1) is 17.7 Å². The Morgan fingerprint density at radius 1 is 1.11 bits per heavy atom. The Labute approximate surface area is 203 Å². The molecule has 0 fully saturated rings. The first-order chi connectivity index (χ1) is 16.7. The zero-order chi connectivity index (χ0) is 25.3. The second-order valence-corrected chi connectivity index (χ2v) is 8.85. The quantitative estimate of drug-likeness (QED) is 0.366. The van der Waals surface area contributed by atoms with Gasteiger partial charge in [0.1, 0.15) is 5.00 Å². The first-order valence-electron chi connectivity index (χ1n) is 10.8. The number of amides is 1. The van der Waals surface area contributed by atoms with Gasteiger partial charge in [0, 0.05) is 16.3 Å². The maximum Gasteiger partial charge on any atom is 0.359 e. The highest BCUT2D eigenvalue weighted by molar-refractivity contribution is 7.16. The lowest BCUT2D eigenvalue weighted by molar-refractivity contribution is 0.0520. The van der Waals surface area contributed by atoms with Crippen LogP contribution in [-0.4, -0.2) is 28.3 Å². The second kappa shape index (κ2) is 9.75. The summed E-state index contributed by atoms with van der Waals surface area (Å²) in [4.78, 5) is 38.8. The van der Waals surface area contributed by atoms with Crippen LogP contribution < -0.4 is 10.9 Å². The number of nitrogens with zero attached hydrogens (tertiary/aromatic N) is 2. The highest BCUT2D eigenvalue weighted by atomic mass is 32.1. The van der Waals surface area contributed by atoms with Crippen LogP contribution in [-0.2, 0) is 4.74 Å². The number of rotatable bonds is 6. The monoisotopic (exact) mass is 497 g/mol. The van der Waals surface area contributed by atoms with E-state index in [0.29, 0.717) is 5.69 Å². The number of esters is 1. The Hall–Kier alpha value is -3.92. The standard InChI is InChI=1S/C25H21F2N3O4S/c1-4-34-25(33)21-17-12-35-23(28-22(31)15-7-10-18(26)19(27)11-15)20(17)24(32)30(29-21)16-8-5-14(6-9-16)13(2)3/h5-13H,4H2,1-3H3,(H,28,31). The number of halogens is 2. The van der Waals surface area contributed by atoms with Gasteiger partial charge in [-0.2, -0.15) is 9.78 Å². The first kappa shape index (κ1) is 24.2. The van der Waals surface area contributed by atoms with Gasteiger partial charge in [0.25, 0.3) is 11.5 Å². The topological polar surface area (TPSA) is 90.3 Å². The largest absolute Gasteiger partial charge is 0.461 e. The zero-order valence-corrected chi connectivity index (χ0v) is 19.9. The van der Waals surface area contributed by atoms with E-state index < -0.39 is 29.1 Å². The molecule has 7 nitrogen and oxygen atoms in total. The molecule has 2 heterocycles. The number of carbonyl (C=O) groups excluding carboxylic acids is 2. The average Bonchev–Trinajstić information content (AvgIpc) is 3.25. The van der Waals surface area contributed by atoms with Gasteiger partial charge >= 0.3 is 5.97 Å². The molecule has 2 aromatic carbocycles. The molecular weight excluding hydrogens is 476 g/mol. The van der Waals surface area contributed by atoms with Crippen LogP contribution in [0.4, 0.5) is 13.8 Å². The van der Waals surface area contributed by atoms with Gasteiger partial charge in [-0.3, -0.25) is 9.59 Å². The van der Waals surface area contributed by atoms with Crippen molar-refractivity contribution in [3.05, 3.63) is 86.7 Å². The van der Waals surface area contributed by atoms with Gasteiger partial charge < -0.3 is 10.1 Å². The molecule has 2 aromatic heterocycles. The van der Waals surface area contributed by atoms with Crippen LogP contribution in [0, 0.1) is 11.6 Å². The minimum Gasteiger partial charge on any atom is -0.461 e. The van der Waals surface area contributed by atoms with Gasteiger partial charge in [-0.1, -0.05) is 26.0 Å². The summed E-state index contributed by atoms with van der Waals surface area (Å²) in [7, 11) is 0. The average molecular weight is 498 g/mol. The van der Waals surface area contributed by atoms with E-state index in [-0.39, 0.29) is 39.6 Å². The number of thiophene rings is 1. The van der Waals surface area contributed by atoms with Crippen molar-refractivity contribution in [3.63, 3.8) is 0 Å². The van der Waals surface area contributed by atoms with E-state index in [9.17, 15) is 23.2 Å². The lowest BCUT2D eigenvalue weighted by atomic mass is 10.0. The van der Waals surface area contributed by atoms with Gasteiger partial charge in [0.15, 0.2) is 17.3 Å². The van der Waals surface area contributed by atoms with Crippen LogP contribution in [0.15, 0.2) is 52.6 Å². The molecule has 0 bridgehead atoms. The van der Waals surface area contributed by atoms with E-state index in [1.807, 2.05) is 26.0 Å². The van der Waals surface area contributed by atoms with E-state index in [1.165, 1.54) is 5.38 Å². The van der Waals surface area contributed by atoms with Crippen molar-refractivity contribution >= 4 is 39.0 Å². The number of carbonyl (C=O) groups is 2. The van der Waals surface area contributed by atoms with Crippen LogP contribution in [0.1, 0.15) is 53.1 Å². The molecule has 0 radical (unpaired) electrons. The van der Waals surface area contributed by atoms with E-state index in [4.69, 9.17) is 4.74 Å². The van der Waals surface area contributed by atoms with Crippen LogP contribution in [0.2, 0.25) is 0 Å². The summed E-state index contributed by atoms with van der Waals surface area (Å²) >= 11 is 1.01. The number of hydrogen-bond acceptors (Lipinski definition) is 6. The molecule has 0 unspecified atom stereocenters. The second-order valence-electron chi connectivity index (χ2n) is 7.97. The lowest BCUT2D eigenvalue weighted by Gasteiger charge is -2.11. The molecule has 0 aliphatic heterocycles. The Kier molecular flexibility index (Phi) is 6.74. The molecule has 0 atom stereocenters. The van der Waals surface area contributed by atoms with Gasteiger partial charge in [-0.25, -0.2) is 13.6 Å². The molecular formula is C25H21F2N3O4S. The Morgan fingerprint density at radius 2 is 1.83 bits per heavy atom. The highest BCUT2D eigenvalue weighted by Gasteiger charge is 2.23. The van der Waals surface area contributed by atoms with Crippen molar-refractivity contribution in [3.8, 4) is 5.69 Å². The molecule has 4 aromatic rings. The maximum atomic E-state index is 13.6. The maximum absolute atomic E-state index is 13.6. The minimum atomic E-state index is -1.17. The lowest BCUT2D eigenvalue weighted by Crippen LogP contribution is -2.25. The Bertz CT molecular complexity index is 1490. The van der Waals surface area contributed by atoms with E-state index in [2.05, 4.69) is 10.4 Å². The van der Waals surface area contributed by atoms with Crippen molar-refractivity contribution in [1.29, 1.82) is 0 Å². The summed E-state index contributed by atoms with van der Waals surface area (Å²) in [6.45, 7) is 5.83. The molecule has 180 valence electrons. The van der Waals surface area contributed by atoms with Crippen molar-refractivity contribution in [1.82, 2.24) is 9.78 Å². The van der Waals surface area contributed by atoms with Crippen molar-refractivity contribution < 1.29 is 23.1 Å². The molecule has 0 saturated heterocycles. The summed E-state index contributed by atoms with van der Waals surface area (Å²) in [6, 6.07) is 9.90. The van der Waals surface area contributed by atoms with Crippen molar-refractivity contribution in [2.75, 3.05) is 11.9 Å². The molecule has 1 amide bonds. The predicted molar refractivity (Wildman–Crippen MR) is 130 cm³/mol. The number of fused-ring (bicyclic) bond motifs is 1. The number of ether oxygens (including phenoxy) is 1. The third kappa shape index (κ3) is 4.69. The number of anilines is 1. The third-order valence-corrected chi connectivity index (χ3v) is 6.23. The molecule has 0 aliphatic rings. The third-order valence-electron chi connectivity index (χ3n) is 5.33. The number of benzene rings is 2. The normalized spacial score (nSPS) is 11.1. The van der Waals surface area contributed by atoms with E-state index >= 15 is 0 Å². The van der Waals surface area contributed by atoms with E-state index in [0.717, 1.165) is 39.8 Å². The first-order valence-corrected chi connectivity index (χ1v) is 11.7. The van der Waals surface area contributed by atoms with Crippen LogP contribution >= 0.6 is 11.3 Å². The summed E-state index contributed by atoms with van der Waals surface area (Å²) in [5.41, 5.74) is 0.709. The van der Waals surface area contributed by atoms with Crippen LogP contribution in [0.3, 0.4) is 0 Å². The summed E-state index contributed by atoms with van der Waals surface area (Å²) in [5, 5.41) is 8.76. The molecule has 0 spiro atoms. The summed E-state index contributed by atoms with van der Waals surface area (Å²) in [5.74, 6) is -3.44. The zero-order valence-electron chi connectivity index (χ0n) is 19.1. The number of nitrogens with one attached hydrogen (secondary N) is 1. The Balaban J connectivity index is 1.85. The number of hydrogen-bond donors (Lipinski definition) is 1. The molecule has 4 rings (SSSR count). The fraction of sp³-hybridized carbons (Fsp3) is 0.200.